The van der Waals surface area contributed by atoms with Gasteiger partial charge in [0.25, 0.3) is 0 Å². The van der Waals surface area contributed by atoms with E-state index in [1.54, 1.807) is 6.92 Å². The van der Waals surface area contributed by atoms with Crippen molar-refractivity contribution in [1.29, 1.82) is 0 Å². The van der Waals surface area contributed by atoms with E-state index in [1.807, 2.05) is 0 Å². The smallest absolute Gasteiger partial charge is 0.406 e. The molecule has 1 heterocycles. The summed E-state index contributed by atoms with van der Waals surface area (Å²) in [6.07, 6.45) is -4.32. The van der Waals surface area contributed by atoms with Gasteiger partial charge in [-0.25, -0.2) is 14.1 Å². The van der Waals surface area contributed by atoms with E-state index in [2.05, 4.69) is 20.0 Å². The van der Waals surface area contributed by atoms with Crippen LogP contribution in [0.25, 0.3) is 0 Å². The number of halogens is 4. The van der Waals surface area contributed by atoms with E-state index in [1.165, 1.54) is 12.1 Å². The highest BCUT2D eigenvalue weighted by molar-refractivity contribution is 6.02. The number of hydrogen-bond donors (Lipinski definition) is 0. The third-order valence-electron chi connectivity index (χ3n) is 2.57. The number of hydrogen-bond acceptors (Lipinski definition) is 5. The van der Waals surface area contributed by atoms with Gasteiger partial charge >= 0.3 is 6.36 Å². The first-order valence-electron chi connectivity index (χ1n) is 6.45. The molecule has 124 valence electrons. The number of aromatic nitrogens is 3. The number of ether oxygens (including phenoxy) is 1. The quantitative estimate of drug-likeness (QED) is 0.463. The Hall–Kier alpha value is -2.65. The van der Waals surface area contributed by atoms with Gasteiger partial charge in [0.2, 0.25) is 6.30 Å². The summed E-state index contributed by atoms with van der Waals surface area (Å²) in [7, 11) is 0. The summed E-state index contributed by atoms with van der Waals surface area (Å²) in [5.74, 6) is -0.423. The zero-order valence-corrected chi connectivity index (χ0v) is 11.9. The number of benzene rings is 1. The van der Waals surface area contributed by atoms with Gasteiger partial charge in [0, 0.05) is 5.56 Å². The molecule has 2 rings (SSSR count). The third-order valence-corrected chi connectivity index (χ3v) is 2.57. The van der Waals surface area contributed by atoms with Gasteiger partial charge in [0.15, 0.2) is 0 Å². The predicted octanol–water partition coefficient (Wildman–Crippen LogP) is 3.09. The molecule has 0 aliphatic heterocycles. The van der Waals surface area contributed by atoms with Crippen molar-refractivity contribution in [2.24, 2.45) is 5.16 Å². The fourth-order valence-electron chi connectivity index (χ4n) is 1.65. The number of rotatable bonds is 6. The standard InChI is InChI=1S/C13H12F4N4O2/c1-2-22-20-11(12(14)21-8-18-7-19-21)9-3-5-10(6-4-9)23-13(15,16)17/h3-8,12H,2H2,1H3/b20-11-. The van der Waals surface area contributed by atoms with Crippen molar-refractivity contribution in [3.8, 4) is 5.75 Å². The Morgan fingerprint density at radius 1 is 1.30 bits per heavy atom. The molecule has 1 unspecified atom stereocenters. The van der Waals surface area contributed by atoms with E-state index in [9.17, 15) is 17.6 Å². The van der Waals surface area contributed by atoms with Gasteiger partial charge in [-0.05, 0) is 31.2 Å². The third kappa shape index (κ3) is 4.66. The van der Waals surface area contributed by atoms with Crippen LogP contribution < -0.4 is 4.74 Å². The molecular formula is C13H12F4N4O2. The van der Waals surface area contributed by atoms with Gasteiger partial charge in [0.05, 0.1) is 0 Å². The molecule has 2 aromatic rings. The number of oxime groups is 1. The Kier molecular flexibility index (Phi) is 5.14. The Labute approximate surface area is 128 Å². The van der Waals surface area contributed by atoms with Gasteiger partial charge in [0.1, 0.15) is 30.7 Å². The van der Waals surface area contributed by atoms with E-state index >= 15 is 0 Å². The van der Waals surface area contributed by atoms with Crippen LogP contribution in [-0.4, -0.2) is 33.4 Å². The maximum Gasteiger partial charge on any atom is 0.573 e. The molecule has 0 spiro atoms. The van der Waals surface area contributed by atoms with Crippen molar-refractivity contribution in [2.45, 2.75) is 19.6 Å². The lowest BCUT2D eigenvalue weighted by molar-refractivity contribution is -0.274. The maximum absolute atomic E-state index is 14.5. The second-order valence-corrected chi connectivity index (χ2v) is 4.18. The molecule has 0 N–H and O–H groups in total. The Morgan fingerprint density at radius 2 is 2.00 bits per heavy atom. The summed E-state index contributed by atoms with van der Waals surface area (Å²) in [6.45, 7) is 1.85. The van der Waals surface area contributed by atoms with Crippen LogP contribution in [0.4, 0.5) is 17.6 Å². The lowest BCUT2D eigenvalue weighted by atomic mass is 10.1. The van der Waals surface area contributed by atoms with Crippen LogP contribution in [0.15, 0.2) is 42.1 Å². The topological polar surface area (TPSA) is 61.5 Å². The van der Waals surface area contributed by atoms with Crippen molar-refractivity contribution in [3.05, 3.63) is 42.5 Å². The van der Waals surface area contributed by atoms with E-state index < -0.39 is 18.4 Å². The Balaban J connectivity index is 2.26. The highest BCUT2D eigenvalue weighted by Gasteiger charge is 2.31. The minimum atomic E-state index is -4.80. The lowest BCUT2D eigenvalue weighted by Gasteiger charge is -2.13. The van der Waals surface area contributed by atoms with Gasteiger partial charge in [-0.1, -0.05) is 5.16 Å². The Morgan fingerprint density at radius 3 is 2.52 bits per heavy atom. The highest BCUT2D eigenvalue weighted by atomic mass is 19.4. The van der Waals surface area contributed by atoms with E-state index in [4.69, 9.17) is 4.84 Å². The average molecular weight is 332 g/mol. The molecule has 23 heavy (non-hydrogen) atoms. The summed E-state index contributed by atoms with van der Waals surface area (Å²) in [5, 5.41) is 7.32. The van der Waals surface area contributed by atoms with Crippen LogP contribution in [0.1, 0.15) is 18.8 Å². The van der Waals surface area contributed by atoms with Crippen molar-refractivity contribution in [3.63, 3.8) is 0 Å². The predicted molar refractivity (Wildman–Crippen MR) is 71.5 cm³/mol. The van der Waals surface area contributed by atoms with Gasteiger partial charge in [-0.2, -0.15) is 5.10 Å². The van der Waals surface area contributed by atoms with Crippen molar-refractivity contribution < 1.29 is 27.1 Å². The normalized spacial score (nSPS) is 13.7. The van der Waals surface area contributed by atoms with Crippen LogP contribution in [0.3, 0.4) is 0 Å². The van der Waals surface area contributed by atoms with Gasteiger partial charge in [-0.15, -0.1) is 13.2 Å². The van der Waals surface area contributed by atoms with Crippen LogP contribution in [0.2, 0.25) is 0 Å². The molecule has 1 atom stereocenters. The molecular weight excluding hydrogens is 320 g/mol. The van der Waals surface area contributed by atoms with E-state index in [-0.39, 0.29) is 17.9 Å². The first-order valence-corrected chi connectivity index (χ1v) is 6.45. The van der Waals surface area contributed by atoms with Gasteiger partial charge < -0.3 is 9.57 Å². The monoisotopic (exact) mass is 332 g/mol. The maximum atomic E-state index is 14.5. The van der Waals surface area contributed by atoms with Gasteiger partial charge in [-0.3, -0.25) is 0 Å². The van der Waals surface area contributed by atoms with E-state index in [0.29, 0.717) is 0 Å². The lowest BCUT2D eigenvalue weighted by Crippen LogP contribution is -2.19. The summed E-state index contributed by atoms with van der Waals surface area (Å²) >= 11 is 0. The molecule has 0 amide bonds. The summed E-state index contributed by atoms with van der Waals surface area (Å²) in [5.41, 5.74) is 0.0619. The molecule has 0 saturated heterocycles. The second kappa shape index (κ2) is 7.07. The highest BCUT2D eigenvalue weighted by Crippen LogP contribution is 2.24. The molecule has 1 aromatic heterocycles. The molecule has 0 radical (unpaired) electrons. The first-order chi connectivity index (χ1) is 10.9. The zero-order valence-electron chi connectivity index (χ0n) is 11.9. The van der Waals surface area contributed by atoms with E-state index in [0.717, 1.165) is 29.5 Å². The van der Waals surface area contributed by atoms with Crippen molar-refractivity contribution in [1.82, 2.24) is 14.8 Å². The summed E-state index contributed by atoms with van der Waals surface area (Å²) in [4.78, 5) is 8.48. The fraction of sp³-hybridized carbons (Fsp3) is 0.308. The largest absolute Gasteiger partial charge is 0.573 e. The van der Waals surface area contributed by atoms with Crippen LogP contribution in [0, 0.1) is 0 Å². The van der Waals surface area contributed by atoms with Crippen LogP contribution >= 0.6 is 0 Å². The Bertz CT molecular complexity index is 641. The molecule has 0 aliphatic rings. The minimum Gasteiger partial charge on any atom is -0.406 e. The first kappa shape index (κ1) is 16.7. The molecule has 0 bridgehead atoms. The summed E-state index contributed by atoms with van der Waals surface area (Å²) in [6, 6.07) is 4.58. The fourth-order valence-corrected chi connectivity index (χ4v) is 1.65. The van der Waals surface area contributed by atoms with Crippen molar-refractivity contribution in [2.75, 3.05) is 6.61 Å². The molecule has 10 heteroatoms. The minimum absolute atomic E-state index is 0.157. The SMILES string of the molecule is CCO/N=C(/c1ccc(OC(F)(F)F)cc1)C(F)n1cncn1. The summed E-state index contributed by atoms with van der Waals surface area (Å²) < 4.78 is 55.5. The average Bonchev–Trinajstić information content (AvgIpc) is 3.01. The number of alkyl halides is 4. The van der Waals surface area contributed by atoms with Crippen LogP contribution in [0.5, 0.6) is 5.75 Å². The molecule has 0 aliphatic carbocycles. The molecule has 6 nitrogen and oxygen atoms in total. The molecule has 0 saturated carbocycles. The number of nitrogens with zero attached hydrogens (tertiary/aromatic N) is 4. The van der Waals surface area contributed by atoms with Crippen LogP contribution in [-0.2, 0) is 4.84 Å². The zero-order chi connectivity index (χ0) is 16.9. The second-order valence-electron chi connectivity index (χ2n) is 4.18. The van der Waals surface area contributed by atoms with Crippen molar-refractivity contribution >= 4 is 5.71 Å². The molecule has 1 aromatic carbocycles. The molecule has 0 fully saturated rings.